The number of rotatable bonds is 5. The molecule has 0 aromatic carbocycles. The summed E-state index contributed by atoms with van der Waals surface area (Å²) in [5, 5.41) is 9.46. The number of hydrogen-bond acceptors (Lipinski definition) is 4. The van der Waals surface area contributed by atoms with Crippen molar-refractivity contribution in [2.45, 2.75) is 31.9 Å². The molecule has 0 bridgehead atoms. The number of aliphatic hydroxyl groups is 1. The van der Waals surface area contributed by atoms with E-state index in [4.69, 9.17) is 11.5 Å². The summed E-state index contributed by atoms with van der Waals surface area (Å²) >= 11 is 3.22. The predicted octanol–water partition coefficient (Wildman–Crippen LogP) is 0.801. The normalized spacial score (nSPS) is 15.7. The highest BCUT2D eigenvalue weighted by Crippen LogP contribution is 2.07. The third kappa shape index (κ3) is 9.93. The van der Waals surface area contributed by atoms with Gasteiger partial charge in [0.25, 0.3) is 0 Å². The lowest BCUT2D eigenvalue weighted by Gasteiger charge is -2.14. The molecule has 0 aromatic rings. The summed E-state index contributed by atoms with van der Waals surface area (Å²) in [4.78, 5) is 0. The topological polar surface area (TPSA) is 98.3 Å². The van der Waals surface area contributed by atoms with Gasteiger partial charge >= 0.3 is 0 Å². The zero-order valence-corrected chi connectivity index (χ0v) is 10.9. The molecule has 0 saturated carbocycles. The van der Waals surface area contributed by atoms with E-state index >= 15 is 0 Å². The van der Waals surface area contributed by atoms with Crippen molar-refractivity contribution in [2.24, 2.45) is 17.2 Å². The van der Waals surface area contributed by atoms with Crippen LogP contribution >= 0.6 is 15.9 Å². The Hall–Kier alpha value is -0.360. The second kappa shape index (κ2) is 11.7. The first-order chi connectivity index (χ1) is 7.11. The Morgan fingerprint density at radius 3 is 2.40 bits per heavy atom. The van der Waals surface area contributed by atoms with E-state index < -0.39 is 6.10 Å². The molecule has 0 heterocycles. The second-order valence-corrected chi connectivity index (χ2v) is 3.74. The Balaban J connectivity index is 0. The first-order valence-electron chi connectivity index (χ1n) is 4.87. The third-order valence-corrected chi connectivity index (χ3v) is 2.31. The number of halogens is 1. The smallest absolute Gasteiger partial charge is 0.0725 e. The van der Waals surface area contributed by atoms with Crippen LogP contribution in [0.15, 0.2) is 22.8 Å². The quantitative estimate of drug-likeness (QED) is 0.560. The largest absolute Gasteiger partial charge is 0.404 e. The van der Waals surface area contributed by atoms with Crippen LogP contribution in [0.5, 0.6) is 0 Å². The molecule has 0 aliphatic heterocycles. The minimum atomic E-state index is -0.473. The maximum absolute atomic E-state index is 9.46. The molecular formula is C10H22BrN3O. The van der Waals surface area contributed by atoms with E-state index in [1.54, 1.807) is 6.08 Å². The van der Waals surface area contributed by atoms with Crippen molar-refractivity contribution in [3.63, 3.8) is 0 Å². The van der Waals surface area contributed by atoms with E-state index in [9.17, 15) is 5.11 Å². The lowest BCUT2D eigenvalue weighted by molar-refractivity contribution is 0.145. The summed E-state index contributed by atoms with van der Waals surface area (Å²) in [7, 11) is 1.50. The summed E-state index contributed by atoms with van der Waals surface area (Å²) in [6.45, 7) is 1.95. The number of hydrogen-bond donors (Lipinski definition) is 4. The van der Waals surface area contributed by atoms with E-state index in [1.165, 1.54) is 13.2 Å². The highest BCUT2D eigenvalue weighted by molar-refractivity contribution is 9.11. The van der Waals surface area contributed by atoms with Gasteiger partial charge in [-0.2, -0.15) is 0 Å². The van der Waals surface area contributed by atoms with Crippen LogP contribution < -0.4 is 17.2 Å². The van der Waals surface area contributed by atoms with Crippen molar-refractivity contribution < 1.29 is 5.11 Å². The Morgan fingerprint density at radius 1 is 1.47 bits per heavy atom. The molecule has 15 heavy (non-hydrogen) atoms. The molecule has 0 radical (unpaired) electrons. The van der Waals surface area contributed by atoms with Crippen molar-refractivity contribution in [2.75, 3.05) is 7.05 Å². The van der Waals surface area contributed by atoms with Gasteiger partial charge in [-0.05, 0) is 35.8 Å². The van der Waals surface area contributed by atoms with Gasteiger partial charge in [0.1, 0.15) is 0 Å². The van der Waals surface area contributed by atoms with Gasteiger partial charge in [-0.25, -0.2) is 0 Å². The zero-order chi connectivity index (χ0) is 12.3. The van der Waals surface area contributed by atoms with Gasteiger partial charge in [0.2, 0.25) is 0 Å². The van der Waals surface area contributed by atoms with E-state index in [0.29, 0.717) is 6.42 Å². The lowest BCUT2D eigenvalue weighted by Crippen LogP contribution is -2.33. The average Bonchev–Trinajstić information content (AvgIpc) is 2.30. The van der Waals surface area contributed by atoms with Crippen molar-refractivity contribution in [1.29, 1.82) is 0 Å². The Bertz CT molecular complexity index is 195. The van der Waals surface area contributed by atoms with Gasteiger partial charge in [-0.3, -0.25) is 0 Å². The average molecular weight is 280 g/mol. The Morgan fingerprint density at radius 2 is 2.00 bits per heavy atom. The zero-order valence-electron chi connectivity index (χ0n) is 9.36. The van der Waals surface area contributed by atoms with Gasteiger partial charge in [0.15, 0.2) is 0 Å². The van der Waals surface area contributed by atoms with Gasteiger partial charge in [-0.1, -0.05) is 19.1 Å². The van der Waals surface area contributed by atoms with Crippen LogP contribution in [0, 0.1) is 0 Å². The first-order valence-corrected chi connectivity index (χ1v) is 5.66. The SMILES string of the molecule is CCC(N)C(O)C/C=C\C(Br)=C/N.CN. The van der Waals surface area contributed by atoms with Crippen molar-refractivity contribution >= 4 is 15.9 Å². The molecule has 0 saturated heterocycles. The molecule has 0 spiro atoms. The second-order valence-electron chi connectivity index (χ2n) is 2.83. The minimum Gasteiger partial charge on any atom is -0.404 e. The highest BCUT2D eigenvalue weighted by atomic mass is 79.9. The summed E-state index contributed by atoms with van der Waals surface area (Å²) in [5.74, 6) is 0. The van der Waals surface area contributed by atoms with E-state index in [2.05, 4.69) is 21.7 Å². The standard InChI is InChI=1S/C9H17BrN2O.CH5N/c1-2-8(12)9(13)5-3-4-7(10)6-11;1-2/h3-4,6,8-9,13H,2,5,11-12H2,1H3;2H2,1H3/b4-3-,7-6+;. The molecule has 0 aliphatic carbocycles. The maximum Gasteiger partial charge on any atom is 0.0725 e. The van der Waals surface area contributed by atoms with Crippen LogP contribution in [-0.2, 0) is 0 Å². The minimum absolute atomic E-state index is 0.148. The molecule has 2 atom stereocenters. The molecule has 0 fully saturated rings. The Kier molecular flexibility index (Phi) is 13.3. The molecule has 7 N–H and O–H groups in total. The van der Waals surface area contributed by atoms with Crippen LogP contribution in [0.1, 0.15) is 19.8 Å². The van der Waals surface area contributed by atoms with E-state index in [1.807, 2.05) is 13.0 Å². The fourth-order valence-corrected chi connectivity index (χ4v) is 1.01. The summed E-state index contributed by atoms with van der Waals surface area (Å²) in [6.07, 6.45) is 5.95. The summed E-state index contributed by atoms with van der Waals surface area (Å²) in [6, 6.07) is -0.148. The lowest BCUT2D eigenvalue weighted by atomic mass is 10.1. The fourth-order valence-electron chi connectivity index (χ4n) is 0.822. The van der Waals surface area contributed by atoms with E-state index in [0.717, 1.165) is 10.9 Å². The number of allylic oxidation sites excluding steroid dienone is 2. The summed E-state index contributed by atoms with van der Waals surface area (Å²) < 4.78 is 0.796. The van der Waals surface area contributed by atoms with E-state index in [-0.39, 0.29) is 6.04 Å². The molecule has 5 heteroatoms. The van der Waals surface area contributed by atoms with Crippen LogP contribution in [0.4, 0.5) is 0 Å². The third-order valence-electron chi connectivity index (χ3n) is 1.78. The molecule has 0 rings (SSSR count). The molecule has 4 nitrogen and oxygen atoms in total. The highest BCUT2D eigenvalue weighted by Gasteiger charge is 2.09. The number of nitrogens with two attached hydrogens (primary N) is 3. The number of aliphatic hydroxyl groups excluding tert-OH is 1. The predicted molar refractivity (Wildman–Crippen MR) is 69.3 cm³/mol. The van der Waals surface area contributed by atoms with Crippen molar-refractivity contribution in [3.05, 3.63) is 22.8 Å². The van der Waals surface area contributed by atoms with Crippen LogP contribution in [0.25, 0.3) is 0 Å². The molecule has 0 aliphatic rings. The van der Waals surface area contributed by atoms with Crippen molar-refractivity contribution in [3.8, 4) is 0 Å². The molecule has 90 valence electrons. The van der Waals surface area contributed by atoms with Gasteiger partial charge < -0.3 is 22.3 Å². The van der Waals surface area contributed by atoms with Gasteiger partial charge in [0.05, 0.1) is 6.10 Å². The van der Waals surface area contributed by atoms with Crippen LogP contribution in [-0.4, -0.2) is 24.3 Å². The summed E-state index contributed by atoms with van der Waals surface area (Å²) in [5.41, 5.74) is 15.4. The van der Waals surface area contributed by atoms with Crippen molar-refractivity contribution in [1.82, 2.24) is 0 Å². The monoisotopic (exact) mass is 279 g/mol. The molecule has 2 unspecified atom stereocenters. The van der Waals surface area contributed by atoms with Gasteiger partial charge in [-0.15, -0.1) is 0 Å². The first kappa shape index (κ1) is 17.0. The molecule has 0 aromatic heterocycles. The molecular weight excluding hydrogens is 258 g/mol. The molecule has 0 amide bonds. The fraction of sp³-hybridized carbons (Fsp3) is 0.600. The van der Waals surface area contributed by atoms with Crippen LogP contribution in [0.3, 0.4) is 0 Å². The Labute approximate surface area is 100 Å². The maximum atomic E-state index is 9.46. The van der Waals surface area contributed by atoms with Crippen LogP contribution in [0.2, 0.25) is 0 Å². The van der Waals surface area contributed by atoms with Gasteiger partial charge in [0, 0.05) is 16.7 Å².